The predicted octanol–water partition coefficient (Wildman–Crippen LogP) is 1.66. The first-order valence-electron chi connectivity index (χ1n) is 7.07. The van der Waals surface area contributed by atoms with Gasteiger partial charge in [0.1, 0.15) is 11.1 Å². The molecular weight excluding hydrogens is 252 g/mol. The van der Waals surface area contributed by atoms with Gasteiger partial charge in [-0.2, -0.15) is 0 Å². The molecule has 4 heteroatoms. The Kier molecular flexibility index (Phi) is 2.68. The van der Waals surface area contributed by atoms with Crippen molar-refractivity contribution in [2.45, 2.75) is 37.8 Å². The van der Waals surface area contributed by atoms with Gasteiger partial charge in [0, 0.05) is 7.05 Å². The zero-order chi connectivity index (χ0) is 14.5. The van der Waals surface area contributed by atoms with Crippen LogP contribution in [-0.4, -0.2) is 29.3 Å². The van der Waals surface area contributed by atoms with Crippen molar-refractivity contribution in [3.05, 3.63) is 35.9 Å². The van der Waals surface area contributed by atoms with E-state index in [1.807, 2.05) is 37.3 Å². The summed E-state index contributed by atoms with van der Waals surface area (Å²) >= 11 is 0. The van der Waals surface area contributed by atoms with E-state index in [2.05, 4.69) is 5.32 Å². The number of nitrogens with zero attached hydrogens (tertiary/aromatic N) is 1. The molecule has 20 heavy (non-hydrogen) atoms. The van der Waals surface area contributed by atoms with Crippen LogP contribution in [0, 0.1) is 5.92 Å². The van der Waals surface area contributed by atoms with Crippen LogP contribution in [0.3, 0.4) is 0 Å². The quantitative estimate of drug-likeness (QED) is 0.890. The van der Waals surface area contributed by atoms with Crippen LogP contribution in [0.5, 0.6) is 0 Å². The fraction of sp³-hybridized carbons (Fsp3) is 0.500. The number of hydrogen-bond donors (Lipinski definition) is 1. The van der Waals surface area contributed by atoms with E-state index >= 15 is 0 Å². The molecule has 1 saturated heterocycles. The number of carbonyl (C=O) groups is 2. The van der Waals surface area contributed by atoms with Gasteiger partial charge in [-0.15, -0.1) is 0 Å². The van der Waals surface area contributed by atoms with Gasteiger partial charge in [-0.3, -0.25) is 9.59 Å². The molecule has 2 aliphatic rings. The Labute approximate surface area is 119 Å². The highest BCUT2D eigenvalue weighted by molar-refractivity contribution is 6.02. The van der Waals surface area contributed by atoms with Gasteiger partial charge in [-0.25, -0.2) is 0 Å². The Morgan fingerprint density at radius 1 is 1.15 bits per heavy atom. The molecule has 0 bridgehead atoms. The van der Waals surface area contributed by atoms with Crippen LogP contribution in [0.2, 0.25) is 0 Å². The lowest BCUT2D eigenvalue weighted by atomic mass is 9.81. The third-order valence-corrected chi connectivity index (χ3v) is 4.98. The molecule has 3 rings (SSSR count). The molecule has 2 atom stereocenters. The van der Waals surface area contributed by atoms with Crippen LogP contribution in [-0.2, 0) is 15.1 Å². The van der Waals surface area contributed by atoms with Crippen molar-refractivity contribution in [2.75, 3.05) is 7.05 Å². The minimum absolute atomic E-state index is 0.0438. The molecule has 1 aliphatic heterocycles. The summed E-state index contributed by atoms with van der Waals surface area (Å²) in [7, 11) is 1.75. The molecule has 0 spiro atoms. The summed E-state index contributed by atoms with van der Waals surface area (Å²) in [6, 6.07) is 9.43. The van der Waals surface area contributed by atoms with Crippen molar-refractivity contribution in [1.82, 2.24) is 10.2 Å². The molecule has 1 N–H and O–H groups in total. The second kappa shape index (κ2) is 4.08. The minimum Gasteiger partial charge on any atom is -0.336 e. The van der Waals surface area contributed by atoms with E-state index in [9.17, 15) is 9.59 Å². The van der Waals surface area contributed by atoms with Crippen LogP contribution in [0.1, 0.15) is 32.3 Å². The lowest BCUT2D eigenvalue weighted by Gasteiger charge is -2.49. The first-order chi connectivity index (χ1) is 9.40. The molecular formula is C16H20N2O2. The Hall–Kier alpha value is -1.84. The third kappa shape index (κ3) is 1.60. The average molecular weight is 272 g/mol. The highest BCUT2D eigenvalue weighted by atomic mass is 16.2. The van der Waals surface area contributed by atoms with E-state index in [4.69, 9.17) is 0 Å². The Balaban J connectivity index is 2.02. The topological polar surface area (TPSA) is 49.4 Å². The van der Waals surface area contributed by atoms with E-state index in [-0.39, 0.29) is 17.7 Å². The molecule has 0 aromatic heterocycles. The van der Waals surface area contributed by atoms with Crippen LogP contribution < -0.4 is 5.32 Å². The minimum atomic E-state index is -0.971. The van der Waals surface area contributed by atoms with Crippen molar-refractivity contribution in [3.63, 3.8) is 0 Å². The SMILES string of the molecule is CN1C(=O)C(C)(c2ccccc2)NC(=O)C1(C)C1CC1. The van der Waals surface area contributed by atoms with Crippen LogP contribution >= 0.6 is 0 Å². The van der Waals surface area contributed by atoms with Gasteiger partial charge in [0.05, 0.1) is 0 Å². The molecule has 106 valence electrons. The lowest BCUT2D eigenvalue weighted by Crippen LogP contribution is -2.72. The van der Waals surface area contributed by atoms with Crippen molar-refractivity contribution in [1.29, 1.82) is 0 Å². The molecule has 2 fully saturated rings. The highest BCUT2D eigenvalue weighted by Crippen LogP contribution is 2.46. The summed E-state index contributed by atoms with van der Waals surface area (Å²) in [6.45, 7) is 3.66. The molecule has 0 radical (unpaired) electrons. The van der Waals surface area contributed by atoms with Crippen LogP contribution in [0.25, 0.3) is 0 Å². The summed E-state index contributed by atoms with van der Waals surface area (Å²) in [4.78, 5) is 27.1. The van der Waals surface area contributed by atoms with Crippen molar-refractivity contribution in [3.8, 4) is 0 Å². The van der Waals surface area contributed by atoms with Gasteiger partial charge in [0.25, 0.3) is 5.91 Å². The van der Waals surface area contributed by atoms with Gasteiger partial charge >= 0.3 is 0 Å². The molecule has 1 saturated carbocycles. The maximum atomic E-state index is 12.9. The monoisotopic (exact) mass is 272 g/mol. The standard InChI is InChI=1S/C16H20N2O2/c1-15(11-7-5-4-6-8-11)14(20)18(3)16(2,12-9-10-12)13(19)17-15/h4-8,12H,9-10H2,1-3H3,(H,17,19). The van der Waals surface area contributed by atoms with E-state index in [1.165, 1.54) is 0 Å². The predicted molar refractivity (Wildman–Crippen MR) is 75.8 cm³/mol. The summed E-state index contributed by atoms with van der Waals surface area (Å²) in [5, 5.41) is 2.97. The average Bonchev–Trinajstić information content (AvgIpc) is 3.29. The largest absolute Gasteiger partial charge is 0.336 e. The number of amides is 2. The van der Waals surface area contributed by atoms with Gasteiger partial charge in [0.2, 0.25) is 5.91 Å². The smallest absolute Gasteiger partial charge is 0.253 e. The maximum absolute atomic E-state index is 12.9. The van der Waals surface area contributed by atoms with Crippen molar-refractivity contribution >= 4 is 11.8 Å². The van der Waals surface area contributed by atoms with Crippen molar-refractivity contribution in [2.24, 2.45) is 5.92 Å². The number of rotatable bonds is 2. The number of hydrogen-bond acceptors (Lipinski definition) is 2. The Bertz CT molecular complexity index is 567. The number of benzene rings is 1. The summed E-state index contributed by atoms with van der Waals surface area (Å²) in [6.07, 6.45) is 2.03. The number of nitrogens with one attached hydrogen (secondary N) is 1. The van der Waals surface area contributed by atoms with E-state index in [0.29, 0.717) is 0 Å². The van der Waals surface area contributed by atoms with Gasteiger partial charge in [0.15, 0.2) is 0 Å². The molecule has 4 nitrogen and oxygen atoms in total. The second-order valence-corrected chi connectivity index (χ2v) is 6.23. The summed E-state index contributed by atoms with van der Waals surface area (Å²) in [5.74, 6) is 0.197. The fourth-order valence-corrected chi connectivity index (χ4v) is 3.18. The van der Waals surface area contributed by atoms with E-state index in [0.717, 1.165) is 18.4 Å². The third-order valence-electron chi connectivity index (χ3n) is 4.98. The lowest BCUT2D eigenvalue weighted by molar-refractivity contribution is -0.161. The zero-order valence-electron chi connectivity index (χ0n) is 12.1. The number of piperazine rings is 1. The Morgan fingerprint density at radius 2 is 1.75 bits per heavy atom. The highest BCUT2D eigenvalue weighted by Gasteiger charge is 2.59. The van der Waals surface area contributed by atoms with Gasteiger partial charge in [-0.1, -0.05) is 30.3 Å². The second-order valence-electron chi connectivity index (χ2n) is 6.23. The van der Waals surface area contributed by atoms with E-state index < -0.39 is 11.1 Å². The first kappa shape index (κ1) is 13.2. The van der Waals surface area contributed by atoms with Crippen LogP contribution in [0.15, 0.2) is 30.3 Å². The first-order valence-corrected chi connectivity index (χ1v) is 7.07. The molecule has 1 aromatic rings. The normalized spacial score (nSPS) is 34.0. The number of likely N-dealkylation sites (N-methyl/N-ethyl adjacent to an activating group) is 1. The zero-order valence-corrected chi connectivity index (χ0v) is 12.1. The maximum Gasteiger partial charge on any atom is 0.253 e. The molecule has 2 unspecified atom stereocenters. The fourth-order valence-electron chi connectivity index (χ4n) is 3.18. The molecule has 1 aromatic carbocycles. The van der Waals surface area contributed by atoms with Gasteiger partial charge < -0.3 is 10.2 Å². The summed E-state index contributed by atoms with van der Waals surface area (Å²) in [5.41, 5.74) is -0.851. The molecule has 1 heterocycles. The van der Waals surface area contributed by atoms with E-state index in [1.54, 1.807) is 18.9 Å². The summed E-state index contributed by atoms with van der Waals surface area (Å²) < 4.78 is 0. The van der Waals surface area contributed by atoms with Gasteiger partial charge in [-0.05, 0) is 38.2 Å². The molecule has 2 amide bonds. The van der Waals surface area contributed by atoms with Crippen LogP contribution in [0.4, 0.5) is 0 Å². The van der Waals surface area contributed by atoms with Crippen molar-refractivity contribution < 1.29 is 9.59 Å². The molecule has 1 aliphatic carbocycles. The Morgan fingerprint density at radius 3 is 2.30 bits per heavy atom. The number of carbonyl (C=O) groups excluding carboxylic acids is 2.